The molecule has 5 nitrogen and oxygen atoms in total. The summed E-state index contributed by atoms with van der Waals surface area (Å²) in [6.45, 7) is 1.42. The molecule has 2 rings (SSSR count). The highest BCUT2D eigenvalue weighted by atomic mass is 35.5. The second-order valence-corrected chi connectivity index (χ2v) is 4.17. The first-order valence-electron chi connectivity index (χ1n) is 4.98. The summed E-state index contributed by atoms with van der Waals surface area (Å²) in [6, 6.07) is 4.50. The fourth-order valence-corrected chi connectivity index (χ4v) is 1.98. The molecule has 0 aliphatic heterocycles. The van der Waals surface area contributed by atoms with Gasteiger partial charge >= 0.3 is 11.9 Å². The average molecular weight is 266 g/mol. The maximum absolute atomic E-state index is 11.2. The molecule has 0 fully saturated rings. The number of fused-ring (bicyclic) bond motifs is 1. The number of benzene rings is 1. The van der Waals surface area contributed by atoms with Crippen LogP contribution in [0.2, 0.25) is 5.02 Å². The third kappa shape index (κ3) is 1.89. The minimum atomic E-state index is -1.27. The molecule has 1 aromatic heterocycles. The van der Waals surface area contributed by atoms with Crippen molar-refractivity contribution in [1.29, 1.82) is 0 Å². The lowest BCUT2D eigenvalue weighted by Crippen LogP contribution is -2.10. The molecule has 0 bridgehead atoms. The fourth-order valence-electron chi connectivity index (χ4n) is 1.82. The number of rotatable bonds is 2. The van der Waals surface area contributed by atoms with Crippen LogP contribution in [0.3, 0.4) is 0 Å². The van der Waals surface area contributed by atoms with Gasteiger partial charge in [0.05, 0.1) is 11.1 Å². The van der Waals surface area contributed by atoms with Crippen LogP contribution in [-0.4, -0.2) is 27.1 Å². The fraction of sp³-hybridized carbons (Fsp3) is 0.0833. The molecule has 0 amide bonds. The lowest BCUT2D eigenvalue weighted by Gasteiger charge is -2.09. The molecule has 6 heteroatoms. The standard InChI is InChI=1S/C12H8ClNO4/c1-5-9(11(15)16)7-3-2-6(13)4-8(7)14-10(5)12(17)18/h2-4H,1H3,(H,15,16)(H,17,18). The molecule has 1 heterocycles. The van der Waals surface area contributed by atoms with E-state index in [1.54, 1.807) is 0 Å². The van der Waals surface area contributed by atoms with Gasteiger partial charge in [0.15, 0.2) is 5.69 Å². The van der Waals surface area contributed by atoms with Crippen LogP contribution in [0.1, 0.15) is 26.4 Å². The first-order chi connectivity index (χ1) is 8.41. The van der Waals surface area contributed by atoms with Gasteiger partial charge in [-0.3, -0.25) is 0 Å². The van der Waals surface area contributed by atoms with Gasteiger partial charge in [0.25, 0.3) is 0 Å². The number of hydrogen-bond acceptors (Lipinski definition) is 3. The van der Waals surface area contributed by atoms with Crippen molar-refractivity contribution in [2.75, 3.05) is 0 Å². The zero-order valence-corrected chi connectivity index (χ0v) is 10.0. The van der Waals surface area contributed by atoms with Gasteiger partial charge in [-0.25, -0.2) is 14.6 Å². The van der Waals surface area contributed by atoms with Gasteiger partial charge in [0.1, 0.15) is 0 Å². The van der Waals surface area contributed by atoms with Gasteiger partial charge in [-0.05, 0) is 24.6 Å². The van der Waals surface area contributed by atoms with E-state index in [4.69, 9.17) is 16.7 Å². The third-order valence-corrected chi connectivity index (χ3v) is 2.84. The number of carbonyl (C=O) groups is 2. The predicted octanol–water partition coefficient (Wildman–Crippen LogP) is 2.59. The van der Waals surface area contributed by atoms with Crippen LogP contribution >= 0.6 is 11.6 Å². The Morgan fingerprint density at radius 1 is 1.22 bits per heavy atom. The topological polar surface area (TPSA) is 87.5 Å². The molecule has 0 saturated carbocycles. The molecule has 0 radical (unpaired) electrons. The maximum atomic E-state index is 11.2. The molecule has 0 unspecified atom stereocenters. The molecule has 0 atom stereocenters. The summed E-state index contributed by atoms with van der Waals surface area (Å²) in [6.07, 6.45) is 0. The first-order valence-corrected chi connectivity index (χ1v) is 5.36. The molecule has 2 N–H and O–H groups in total. The van der Waals surface area contributed by atoms with E-state index in [1.807, 2.05) is 0 Å². The van der Waals surface area contributed by atoms with Crippen molar-refractivity contribution in [3.05, 3.63) is 40.0 Å². The number of hydrogen-bond donors (Lipinski definition) is 2. The number of aromatic carboxylic acids is 2. The van der Waals surface area contributed by atoms with Crippen LogP contribution in [0, 0.1) is 6.92 Å². The van der Waals surface area contributed by atoms with Crippen LogP contribution in [0.25, 0.3) is 10.9 Å². The predicted molar refractivity (Wildman–Crippen MR) is 65.4 cm³/mol. The third-order valence-electron chi connectivity index (χ3n) is 2.61. The van der Waals surface area contributed by atoms with Gasteiger partial charge < -0.3 is 10.2 Å². The Morgan fingerprint density at radius 2 is 1.89 bits per heavy atom. The van der Waals surface area contributed by atoms with Crippen molar-refractivity contribution in [3.8, 4) is 0 Å². The van der Waals surface area contributed by atoms with Crippen molar-refractivity contribution in [2.24, 2.45) is 0 Å². The molecular formula is C12H8ClNO4. The molecule has 18 heavy (non-hydrogen) atoms. The Morgan fingerprint density at radius 3 is 2.44 bits per heavy atom. The Bertz CT molecular complexity index is 681. The average Bonchev–Trinajstić information content (AvgIpc) is 2.27. The molecule has 92 valence electrons. The van der Waals surface area contributed by atoms with E-state index >= 15 is 0 Å². The van der Waals surface area contributed by atoms with Gasteiger partial charge in [-0.1, -0.05) is 17.7 Å². The van der Waals surface area contributed by atoms with Crippen LogP contribution in [0.4, 0.5) is 0 Å². The maximum Gasteiger partial charge on any atom is 0.354 e. The van der Waals surface area contributed by atoms with Crippen molar-refractivity contribution >= 4 is 34.4 Å². The quantitative estimate of drug-likeness (QED) is 0.871. The van der Waals surface area contributed by atoms with Gasteiger partial charge in [0.2, 0.25) is 0 Å². The van der Waals surface area contributed by atoms with E-state index in [2.05, 4.69) is 4.98 Å². The summed E-state index contributed by atoms with van der Waals surface area (Å²) in [7, 11) is 0. The number of nitrogens with zero attached hydrogens (tertiary/aromatic N) is 1. The number of aromatic nitrogens is 1. The van der Waals surface area contributed by atoms with Crippen LogP contribution < -0.4 is 0 Å². The lowest BCUT2D eigenvalue weighted by atomic mass is 10.0. The first kappa shape index (κ1) is 12.3. The molecule has 2 aromatic rings. The normalized spacial score (nSPS) is 10.6. The number of carboxylic acid groups (broad SMARTS) is 2. The van der Waals surface area contributed by atoms with E-state index in [9.17, 15) is 14.7 Å². The monoisotopic (exact) mass is 265 g/mol. The van der Waals surface area contributed by atoms with Crippen molar-refractivity contribution in [2.45, 2.75) is 6.92 Å². The zero-order valence-electron chi connectivity index (χ0n) is 9.27. The highest BCUT2D eigenvalue weighted by Gasteiger charge is 2.20. The van der Waals surface area contributed by atoms with Crippen LogP contribution in [0.5, 0.6) is 0 Å². The Labute approximate surface area is 107 Å². The molecule has 1 aromatic carbocycles. The van der Waals surface area contributed by atoms with Crippen molar-refractivity contribution in [1.82, 2.24) is 4.98 Å². The zero-order chi connectivity index (χ0) is 13.4. The molecular weight excluding hydrogens is 258 g/mol. The Balaban J connectivity index is 2.96. The molecule has 0 spiro atoms. The summed E-state index contributed by atoms with van der Waals surface area (Å²) in [4.78, 5) is 26.2. The van der Waals surface area contributed by atoms with Crippen molar-refractivity contribution in [3.63, 3.8) is 0 Å². The lowest BCUT2D eigenvalue weighted by molar-refractivity contribution is 0.0690. The molecule has 0 aliphatic carbocycles. The minimum Gasteiger partial charge on any atom is -0.478 e. The van der Waals surface area contributed by atoms with E-state index in [-0.39, 0.29) is 22.3 Å². The molecule has 0 saturated heterocycles. The number of pyridine rings is 1. The Kier molecular flexibility index (Phi) is 2.92. The highest BCUT2D eigenvalue weighted by molar-refractivity contribution is 6.31. The smallest absolute Gasteiger partial charge is 0.354 e. The van der Waals surface area contributed by atoms with Crippen LogP contribution in [0.15, 0.2) is 18.2 Å². The van der Waals surface area contributed by atoms with Gasteiger partial charge in [0, 0.05) is 10.4 Å². The van der Waals surface area contributed by atoms with E-state index in [0.29, 0.717) is 10.4 Å². The largest absolute Gasteiger partial charge is 0.478 e. The summed E-state index contributed by atoms with van der Waals surface area (Å²) in [5, 5.41) is 18.9. The molecule has 0 aliphatic rings. The highest BCUT2D eigenvalue weighted by Crippen LogP contribution is 2.25. The van der Waals surface area contributed by atoms with E-state index in [0.717, 1.165) is 0 Å². The summed E-state index contributed by atoms with van der Waals surface area (Å²) in [5.74, 6) is -2.46. The van der Waals surface area contributed by atoms with Crippen molar-refractivity contribution < 1.29 is 19.8 Å². The summed E-state index contributed by atoms with van der Waals surface area (Å²) < 4.78 is 0. The second-order valence-electron chi connectivity index (χ2n) is 3.73. The minimum absolute atomic E-state index is 0.0610. The van der Waals surface area contributed by atoms with Crippen LogP contribution in [-0.2, 0) is 0 Å². The number of carboxylic acids is 2. The van der Waals surface area contributed by atoms with Gasteiger partial charge in [-0.15, -0.1) is 0 Å². The van der Waals surface area contributed by atoms with E-state index in [1.165, 1.54) is 25.1 Å². The van der Waals surface area contributed by atoms with Gasteiger partial charge in [-0.2, -0.15) is 0 Å². The second kappa shape index (κ2) is 4.27. The number of halogens is 1. The summed E-state index contributed by atoms with van der Waals surface area (Å²) >= 11 is 5.79. The Hall–Kier alpha value is -2.14. The van der Waals surface area contributed by atoms with E-state index < -0.39 is 11.9 Å². The summed E-state index contributed by atoms with van der Waals surface area (Å²) in [5.41, 5.74) is 0.0453. The SMILES string of the molecule is Cc1c(C(=O)O)nc2cc(Cl)ccc2c1C(=O)O.